The largest absolute Gasteiger partial charge is 0.437 e. The van der Waals surface area contributed by atoms with Crippen LogP contribution in [0.1, 0.15) is 37.4 Å². The lowest BCUT2D eigenvalue weighted by Gasteiger charge is -2.14. The molecule has 1 N–H and O–H groups in total. The quantitative estimate of drug-likeness (QED) is 0.873. The maximum Gasteiger partial charge on any atom is 0.237 e. The van der Waals surface area contributed by atoms with E-state index >= 15 is 0 Å². The second-order valence-electron chi connectivity index (χ2n) is 4.83. The summed E-state index contributed by atoms with van der Waals surface area (Å²) in [5.41, 5.74) is 2.10. The Morgan fingerprint density at radius 1 is 1.20 bits per heavy atom. The third-order valence-corrected chi connectivity index (χ3v) is 3.32. The fourth-order valence-electron chi connectivity index (χ4n) is 1.98. The topological polar surface area (TPSA) is 47.0 Å². The van der Waals surface area contributed by atoms with Crippen LogP contribution >= 0.6 is 0 Å². The van der Waals surface area contributed by atoms with E-state index in [1.54, 1.807) is 12.4 Å². The van der Waals surface area contributed by atoms with Crippen LogP contribution in [0, 0.1) is 0 Å². The van der Waals surface area contributed by atoms with Gasteiger partial charge in [0.1, 0.15) is 5.75 Å². The first kappa shape index (κ1) is 14.5. The van der Waals surface area contributed by atoms with Crippen molar-refractivity contribution in [2.45, 2.75) is 32.7 Å². The Balaban J connectivity index is 2.17. The summed E-state index contributed by atoms with van der Waals surface area (Å²) in [6.45, 7) is 5.08. The van der Waals surface area contributed by atoms with Crippen molar-refractivity contribution in [3.63, 3.8) is 0 Å². The van der Waals surface area contributed by atoms with Crippen molar-refractivity contribution in [2.24, 2.45) is 0 Å². The van der Waals surface area contributed by atoms with Gasteiger partial charge >= 0.3 is 0 Å². The Kier molecular flexibility index (Phi) is 5.07. The first-order valence-corrected chi connectivity index (χ1v) is 6.97. The van der Waals surface area contributed by atoms with E-state index in [1.807, 2.05) is 25.2 Å². The molecule has 1 aromatic heterocycles. The average molecular weight is 271 g/mol. The fraction of sp³-hybridized carbons (Fsp3) is 0.375. The van der Waals surface area contributed by atoms with Crippen LogP contribution in [0.15, 0.2) is 36.7 Å². The number of benzene rings is 1. The van der Waals surface area contributed by atoms with Crippen LogP contribution in [0.4, 0.5) is 0 Å². The normalized spacial score (nSPS) is 12.2. The van der Waals surface area contributed by atoms with Crippen molar-refractivity contribution >= 4 is 0 Å². The number of nitrogens with zero attached hydrogens (tertiary/aromatic N) is 2. The number of hydrogen-bond donors (Lipinski definition) is 1. The van der Waals surface area contributed by atoms with Crippen LogP contribution in [-0.2, 0) is 6.54 Å². The van der Waals surface area contributed by atoms with Crippen LogP contribution in [0.3, 0.4) is 0 Å². The molecule has 0 aliphatic rings. The molecule has 0 aliphatic carbocycles. The Hall–Kier alpha value is -1.94. The molecule has 1 atom stereocenters. The Labute approximate surface area is 120 Å². The molecule has 0 bridgehead atoms. The van der Waals surface area contributed by atoms with Crippen LogP contribution < -0.4 is 10.1 Å². The predicted octanol–water partition coefficient (Wildman–Crippen LogP) is 3.50. The van der Waals surface area contributed by atoms with E-state index in [1.165, 1.54) is 5.56 Å². The van der Waals surface area contributed by atoms with Gasteiger partial charge in [0.05, 0.1) is 18.1 Å². The molecule has 1 heterocycles. The molecule has 4 nitrogen and oxygen atoms in total. The molecule has 20 heavy (non-hydrogen) atoms. The molecule has 1 unspecified atom stereocenters. The molecule has 0 saturated carbocycles. The number of aromatic nitrogens is 2. The summed E-state index contributed by atoms with van der Waals surface area (Å²) in [5, 5.41) is 3.04. The third kappa shape index (κ3) is 3.54. The van der Waals surface area contributed by atoms with E-state index in [4.69, 9.17) is 4.74 Å². The molecule has 0 amide bonds. The molecule has 0 aliphatic heterocycles. The SMILES string of the molecule is CCC(C)c1ccccc1Oc1cnc(CNC)cn1. The number of rotatable bonds is 6. The van der Waals surface area contributed by atoms with Gasteiger partial charge in [0, 0.05) is 6.54 Å². The lowest BCUT2D eigenvalue weighted by atomic mass is 9.98. The zero-order chi connectivity index (χ0) is 14.4. The average Bonchev–Trinajstić information content (AvgIpc) is 2.49. The summed E-state index contributed by atoms with van der Waals surface area (Å²) >= 11 is 0. The monoisotopic (exact) mass is 271 g/mol. The van der Waals surface area contributed by atoms with E-state index in [9.17, 15) is 0 Å². The Morgan fingerprint density at radius 2 is 2.00 bits per heavy atom. The van der Waals surface area contributed by atoms with E-state index in [0.717, 1.165) is 17.9 Å². The molecular weight excluding hydrogens is 250 g/mol. The zero-order valence-corrected chi connectivity index (χ0v) is 12.3. The number of ether oxygens (including phenoxy) is 1. The number of para-hydroxylation sites is 1. The van der Waals surface area contributed by atoms with Crippen LogP contribution in [0.5, 0.6) is 11.6 Å². The van der Waals surface area contributed by atoms with Gasteiger partial charge in [0.2, 0.25) is 5.88 Å². The summed E-state index contributed by atoms with van der Waals surface area (Å²) in [6, 6.07) is 8.09. The molecule has 4 heteroatoms. The van der Waals surface area contributed by atoms with Gasteiger partial charge in [-0.1, -0.05) is 32.0 Å². The van der Waals surface area contributed by atoms with Gasteiger partial charge in [-0.15, -0.1) is 0 Å². The summed E-state index contributed by atoms with van der Waals surface area (Å²) in [4.78, 5) is 8.60. The molecule has 0 radical (unpaired) electrons. The third-order valence-electron chi connectivity index (χ3n) is 3.32. The second kappa shape index (κ2) is 7.01. The van der Waals surface area contributed by atoms with Gasteiger partial charge in [-0.3, -0.25) is 4.98 Å². The van der Waals surface area contributed by atoms with Crippen molar-refractivity contribution in [1.29, 1.82) is 0 Å². The molecule has 0 saturated heterocycles. The Morgan fingerprint density at radius 3 is 2.65 bits per heavy atom. The maximum atomic E-state index is 5.87. The fourth-order valence-corrected chi connectivity index (χ4v) is 1.98. The van der Waals surface area contributed by atoms with Crippen LogP contribution in [0.25, 0.3) is 0 Å². The van der Waals surface area contributed by atoms with E-state index in [0.29, 0.717) is 18.3 Å². The molecule has 0 fully saturated rings. The highest BCUT2D eigenvalue weighted by atomic mass is 16.5. The highest BCUT2D eigenvalue weighted by Crippen LogP contribution is 2.30. The van der Waals surface area contributed by atoms with Gasteiger partial charge in [-0.05, 0) is 31.0 Å². The summed E-state index contributed by atoms with van der Waals surface area (Å²) in [6.07, 6.45) is 4.48. The maximum absolute atomic E-state index is 5.87. The van der Waals surface area contributed by atoms with Gasteiger partial charge in [0.25, 0.3) is 0 Å². The van der Waals surface area contributed by atoms with Crippen molar-refractivity contribution in [1.82, 2.24) is 15.3 Å². The Bertz CT molecular complexity index is 540. The molecule has 106 valence electrons. The van der Waals surface area contributed by atoms with Gasteiger partial charge in [-0.25, -0.2) is 4.98 Å². The summed E-state index contributed by atoms with van der Waals surface area (Å²) in [7, 11) is 1.88. The van der Waals surface area contributed by atoms with Gasteiger partial charge in [0.15, 0.2) is 0 Å². The minimum Gasteiger partial charge on any atom is -0.437 e. The first-order chi connectivity index (χ1) is 9.74. The van der Waals surface area contributed by atoms with E-state index in [-0.39, 0.29) is 0 Å². The van der Waals surface area contributed by atoms with Gasteiger partial charge in [-0.2, -0.15) is 0 Å². The van der Waals surface area contributed by atoms with Crippen molar-refractivity contribution in [3.8, 4) is 11.6 Å². The molecule has 2 rings (SSSR count). The standard InChI is InChI=1S/C16H21N3O/c1-4-12(2)14-7-5-6-8-15(14)20-16-11-18-13(9-17-3)10-19-16/h5-8,10-12,17H,4,9H2,1-3H3. The van der Waals surface area contributed by atoms with Crippen LogP contribution in [-0.4, -0.2) is 17.0 Å². The van der Waals surface area contributed by atoms with E-state index in [2.05, 4.69) is 35.2 Å². The summed E-state index contributed by atoms with van der Waals surface area (Å²) in [5.74, 6) is 1.85. The zero-order valence-electron chi connectivity index (χ0n) is 12.3. The predicted molar refractivity (Wildman–Crippen MR) is 80.0 cm³/mol. The molecular formula is C16H21N3O. The molecule has 0 spiro atoms. The smallest absolute Gasteiger partial charge is 0.237 e. The van der Waals surface area contributed by atoms with Crippen LogP contribution in [0.2, 0.25) is 0 Å². The first-order valence-electron chi connectivity index (χ1n) is 6.97. The minimum atomic E-state index is 0.461. The lowest BCUT2D eigenvalue weighted by Crippen LogP contribution is -2.07. The van der Waals surface area contributed by atoms with Crippen molar-refractivity contribution in [2.75, 3.05) is 7.05 Å². The minimum absolute atomic E-state index is 0.461. The lowest BCUT2D eigenvalue weighted by molar-refractivity contribution is 0.448. The van der Waals surface area contributed by atoms with Gasteiger partial charge < -0.3 is 10.1 Å². The number of hydrogen-bond acceptors (Lipinski definition) is 4. The van der Waals surface area contributed by atoms with Crippen molar-refractivity contribution < 1.29 is 4.74 Å². The van der Waals surface area contributed by atoms with E-state index < -0.39 is 0 Å². The highest BCUT2D eigenvalue weighted by Gasteiger charge is 2.10. The number of nitrogens with one attached hydrogen (secondary N) is 1. The second-order valence-corrected chi connectivity index (χ2v) is 4.83. The summed E-state index contributed by atoms with van der Waals surface area (Å²) < 4.78 is 5.87. The molecule has 2 aromatic rings. The highest BCUT2D eigenvalue weighted by molar-refractivity contribution is 5.38. The molecule has 1 aromatic carbocycles. The van der Waals surface area contributed by atoms with Crippen molar-refractivity contribution in [3.05, 3.63) is 47.9 Å².